The Bertz CT molecular complexity index is 631. The summed E-state index contributed by atoms with van der Waals surface area (Å²) >= 11 is 0. The number of amides is 1. The highest BCUT2D eigenvalue weighted by molar-refractivity contribution is 5.96. The summed E-state index contributed by atoms with van der Waals surface area (Å²) in [6, 6.07) is 10.7. The standard InChI is InChI=1S/C15H15NO4/c1-9(10-6-4-3-5-7-10)13-11(15(18)19)8-12(20-13)14(17)16-2/h3-9H,1-2H3,(H,16,17)(H,18,19)/t9-/m0/s1. The second-order valence-corrected chi connectivity index (χ2v) is 4.41. The van der Waals surface area contributed by atoms with Crippen molar-refractivity contribution in [1.82, 2.24) is 5.32 Å². The summed E-state index contributed by atoms with van der Waals surface area (Å²) < 4.78 is 5.45. The highest BCUT2D eigenvalue weighted by Gasteiger charge is 2.25. The van der Waals surface area contributed by atoms with Gasteiger partial charge in [-0.2, -0.15) is 0 Å². The van der Waals surface area contributed by atoms with Crippen LogP contribution in [0.2, 0.25) is 0 Å². The smallest absolute Gasteiger partial charge is 0.339 e. The van der Waals surface area contributed by atoms with Crippen molar-refractivity contribution < 1.29 is 19.1 Å². The Labute approximate surface area is 116 Å². The lowest BCUT2D eigenvalue weighted by molar-refractivity contribution is 0.0693. The van der Waals surface area contributed by atoms with E-state index in [0.717, 1.165) is 5.56 Å². The molecule has 20 heavy (non-hydrogen) atoms. The Kier molecular flexibility index (Phi) is 3.89. The lowest BCUT2D eigenvalue weighted by Gasteiger charge is -2.10. The molecule has 0 aliphatic rings. The number of carboxylic acids is 1. The molecule has 0 unspecified atom stereocenters. The summed E-state index contributed by atoms with van der Waals surface area (Å²) in [6.07, 6.45) is 0. The Morgan fingerprint density at radius 2 is 1.90 bits per heavy atom. The number of rotatable bonds is 4. The highest BCUT2D eigenvalue weighted by Crippen LogP contribution is 2.29. The summed E-state index contributed by atoms with van der Waals surface area (Å²) in [5.74, 6) is -1.52. The summed E-state index contributed by atoms with van der Waals surface area (Å²) in [4.78, 5) is 22.9. The number of aromatic carboxylic acids is 1. The molecule has 0 aliphatic carbocycles. The van der Waals surface area contributed by atoms with Gasteiger partial charge in [-0.1, -0.05) is 37.3 Å². The number of hydrogen-bond donors (Lipinski definition) is 2. The Hall–Kier alpha value is -2.56. The van der Waals surface area contributed by atoms with E-state index in [1.165, 1.54) is 13.1 Å². The minimum absolute atomic E-state index is 0.00248. The first-order valence-electron chi connectivity index (χ1n) is 6.18. The first kappa shape index (κ1) is 13.9. The van der Waals surface area contributed by atoms with E-state index in [1.54, 1.807) is 0 Å². The fourth-order valence-corrected chi connectivity index (χ4v) is 2.02. The van der Waals surface area contributed by atoms with E-state index in [0.29, 0.717) is 0 Å². The van der Waals surface area contributed by atoms with Crippen molar-refractivity contribution in [2.24, 2.45) is 0 Å². The molecule has 104 valence electrons. The lowest BCUT2D eigenvalue weighted by Crippen LogP contribution is -2.16. The molecule has 2 rings (SSSR count). The molecule has 1 aromatic heterocycles. The van der Waals surface area contributed by atoms with Gasteiger partial charge in [-0.05, 0) is 5.56 Å². The largest absolute Gasteiger partial charge is 0.478 e. The molecule has 0 saturated carbocycles. The molecule has 1 heterocycles. The number of carbonyl (C=O) groups excluding carboxylic acids is 1. The molecular weight excluding hydrogens is 258 g/mol. The number of furan rings is 1. The third-order valence-corrected chi connectivity index (χ3v) is 3.13. The van der Waals surface area contributed by atoms with Gasteiger partial charge in [0.1, 0.15) is 11.3 Å². The SMILES string of the molecule is CNC(=O)c1cc(C(=O)O)c([C@@H](C)c2ccccc2)o1. The third kappa shape index (κ3) is 2.56. The van der Waals surface area contributed by atoms with Crippen molar-refractivity contribution in [2.45, 2.75) is 12.8 Å². The third-order valence-electron chi connectivity index (χ3n) is 3.13. The quantitative estimate of drug-likeness (QED) is 0.897. The van der Waals surface area contributed by atoms with Crippen molar-refractivity contribution in [3.63, 3.8) is 0 Å². The maximum atomic E-state index is 11.6. The second kappa shape index (κ2) is 5.61. The van der Waals surface area contributed by atoms with Crippen LogP contribution in [0.4, 0.5) is 0 Å². The Balaban J connectivity index is 2.47. The van der Waals surface area contributed by atoms with E-state index in [-0.39, 0.29) is 23.0 Å². The van der Waals surface area contributed by atoms with Crippen LogP contribution >= 0.6 is 0 Å². The van der Waals surface area contributed by atoms with Crippen LogP contribution < -0.4 is 5.32 Å². The summed E-state index contributed by atoms with van der Waals surface area (Å²) in [5.41, 5.74) is 0.938. The van der Waals surface area contributed by atoms with Gasteiger partial charge in [0.05, 0.1) is 0 Å². The zero-order valence-electron chi connectivity index (χ0n) is 11.2. The van der Waals surface area contributed by atoms with Gasteiger partial charge in [-0.3, -0.25) is 4.79 Å². The van der Waals surface area contributed by atoms with Gasteiger partial charge in [0.15, 0.2) is 5.76 Å². The van der Waals surface area contributed by atoms with Gasteiger partial charge in [0, 0.05) is 19.0 Å². The topological polar surface area (TPSA) is 79.5 Å². The van der Waals surface area contributed by atoms with Crippen LogP contribution in [0.3, 0.4) is 0 Å². The van der Waals surface area contributed by atoms with E-state index in [4.69, 9.17) is 4.42 Å². The lowest BCUT2D eigenvalue weighted by atomic mass is 9.96. The average Bonchev–Trinajstić information content (AvgIpc) is 2.92. The van der Waals surface area contributed by atoms with E-state index in [9.17, 15) is 14.7 Å². The van der Waals surface area contributed by atoms with Gasteiger partial charge in [0.2, 0.25) is 0 Å². The van der Waals surface area contributed by atoms with Gasteiger partial charge in [0.25, 0.3) is 5.91 Å². The van der Waals surface area contributed by atoms with Crippen molar-refractivity contribution in [3.8, 4) is 0 Å². The maximum absolute atomic E-state index is 11.6. The van der Waals surface area contributed by atoms with Crippen LogP contribution in [0, 0.1) is 0 Å². The molecule has 5 heteroatoms. The number of carboxylic acid groups (broad SMARTS) is 1. The molecule has 1 amide bonds. The summed E-state index contributed by atoms with van der Waals surface area (Å²) in [7, 11) is 1.46. The van der Waals surface area contributed by atoms with E-state index < -0.39 is 11.9 Å². The normalized spacial score (nSPS) is 11.9. The van der Waals surface area contributed by atoms with Crippen molar-refractivity contribution >= 4 is 11.9 Å². The number of hydrogen-bond acceptors (Lipinski definition) is 3. The van der Waals surface area contributed by atoms with E-state index >= 15 is 0 Å². The Morgan fingerprint density at radius 3 is 2.45 bits per heavy atom. The zero-order valence-corrected chi connectivity index (χ0v) is 11.2. The van der Waals surface area contributed by atoms with E-state index in [2.05, 4.69) is 5.32 Å². The summed E-state index contributed by atoms with van der Waals surface area (Å²) in [6.45, 7) is 1.84. The van der Waals surface area contributed by atoms with Crippen molar-refractivity contribution in [2.75, 3.05) is 7.05 Å². The molecule has 0 bridgehead atoms. The minimum Gasteiger partial charge on any atom is -0.478 e. The molecule has 0 radical (unpaired) electrons. The molecule has 0 saturated heterocycles. The second-order valence-electron chi connectivity index (χ2n) is 4.41. The highest BCUT2D eigenvalue weighted by atomic mass is 16.4. The predicted molar refractivity (Wildman–Crippen MR) is 73.0 cm³/mol. The maximum Gasteiger partial charge on any atom is 0.339 e. The van der Waals surface area contributed by atoms with E-state index in [1.807, 2.05) is 37.3 Å². The predicted octanol–water partition coefficient (Wildman–Crippen LogP) is 2.49. The van der Waals surface area contributed by atoms with Crippen LogP contribution in [-0.4, -0.2) is 24.0 Å². The molecule has 1 aromatic carbocycles. The number of nitrogens with one attached hydrogen (secondary N) is 1. The number of benzene rings is 1. The van der Waals surface area contributed by atoms with Crippen LogP contribution in [0.1, 0.15) is 45.1 Å². The van der Waals surface area contributed by atoms with Crippen molar-refractivity contribution in [1.29, 1.82) is 0 Å². The molecule has 0 fully saturated rings. The molecule has 5 nitrogen and oxygen atoms in total. The first-order chi connectivity index (χ1) is 9.54. The number of carbonyl (C=O) groups is 2. The van der Waals surface area contributed by atoms with Crippen molar-refractivity contribution in [3.05, 3.63) is 59.0 Å². The Morgan fingerprint density at radius 1 is 1.25 bits per heavy atom. The van der Waals surface area contributed by atoms with Gasteiger partial charge in [-0.15, -0.1) is 0 Å². The van der Waals surface area contributed by atoms with Crippen LogP contribution in [-0.2, 0) is 0 Å². The summed E-state index contributed by atoms with van der Waals surface area (Å²) in [5, 5.41) is 11.7. The fraction of sp³-hybridized carbons (Fsp3) is 0.200. The average molecular weight is 273 g/mol. The van der Waals surface area contributed by atoms with Crippen LogP contribution in [0.25, 0.3) is 0 Å². The van der Waals surface area contributed by atoms with Crippen LogP contribution in [0.5, 0.6) is 0 Å². The zero-order chi connectivity index (χ0) is 14.7. The van der Waals surface area contributed by atoms with Crippen LogP contribution in [0.15, 0.2) is 40.8 Å². The monoisotopic (exact) mass is 273 g/mol. The molecule has 2 N–H and O–H groups in total. The molecule has 0 aliphatic heterocycles. The molecule has 2 aromatic rings. The fourth-order valence-electron chi connectivity index (χ4n) is 2.02. The molecule has 0 spiro atoms. The minimum atomic E-state index is -1.11. The molecule has 1 atom stereocenters. The van der Waals surface area contributed by atoms with Gasteiger partial charge < -0.3 is 14.8 Å². The van der Waals surface area contributed by atoms with Gasteiger partial charge in [-0.25, -0.2) is 4.79 Å². The first-order valence-corrected chi connectivity index (χ1v) is 6.18. The van der Waals surface area contributed by atoms with Gasteiger partial charge >= 0.3 is 5.97 Å². The molecular formula is C15H15NO4.